The maximum absolute atomic E-state index is 13.0. The molecule has 8 nitrogen and oxygen atoms in total. The van der Waals surface area contributed by atoms with E-state index in [2.05, 4.69) is 10.6 Å². The first-order chi connectivity index (χ1) is 16.8. The Bertz CT molecular complexity index is 1300. The van der Waals surface area contributed by atoms with Crippen molar-refractivity contribution >= 4 is 57.5 Å². The van der Waals surface area contributed by atoms with Gasteiger partial charge in [0.05, 0.1) is 41.1 Å². The zero-order valence-corrected chi connectivity index (χ0v) is 20.7. The summed E-state index contributed by atoms with van der Waals surface area (Å²) in [6.45, 7) is 0.317. The Morgan fingerprint density at radius 2 is 1.80 bits per heavy atom. The van der Waals surface area contributed by atoms with Crippen molar-refractivity contribution in [3.63, 3.8) is 0 Å². The van der Waals surface area contributed by atoms with Gasteiger partial charge >= 0.3 is 5.97 Å². The molecule has 9 heteroatoms. The smallest absolute Gasteiger partial charge is 0.337 e. The lowest BCUT2D eigenvalue weighted by Gasteiger charge is -2.20. The highest BCUT2D eigenvalue weighted by molar-refractivity contribution is 7.11. The van der Waals surface area contributed by atoms with E-state index in [1.807, 2.05) is 60.8 Å². The standard InChI is InChI=1S/C26H26N4O4S/c1-29(2)15-22(31)30(3)18-10-8-17(9-11-18)27-24(21-6-5-13-35-21)23-19-12-7-16(26(33)34-4)14-20(19)28-25(23)32/h5-14,27H,15H2,1-4H3,(H,28,32). The molecule has 0 saturated heterocycles. The lowest BCUT2D eigenvalue weighted by Crippen LogP contribution is -2.34. The van der Waals surface area contributed by atoms with Gasteiger partial charge in [-0.1, -0.05) is 12.1 Å². The predicted molar refractivity (Wildman–Crippen MR) is 140 cm³/mol. The van der Waals surface area contributed by atoms with Crippen molar-refractivity contribution in [2.24, 2.45) is 0 Å². The molecule has 0 atom stereocenters. The van der Waals surface area contributed by atoms with Crippen molar-refractivity contribution in [1.29, 1.82) is 0 Å². The second kappa shape index (κ2) is 10.1. The number of hydrogen-bond acceptors (Lipinski definition) is 7. The predicted octanol–water partition coefficient (Wildman–Crippen LogP) is 3.99. The van der Waals surface area contributed by atoms with Gasteiger partial charge in [0.15, 0.2) is 0 Å². The summed E-state index contributed by atoms with van der Waals surface area (Å²) in [5, 5.41) is 8.20. The van der Waals surface area contributed by atoms with Crippen LogP contribution in [0.5, 0.6) is 0 Å². The number of nitrogens with one attached hydrogen (secondary N) is 2. The van der Waals surface area contributed by atoms with Crippen molar-refractivity contribution in [2.45, 2.75) is 0 Å². The molecule has 0 saturated carbocycles. The molecule has 2 amide bonds. The molecule has 0 unspecified atom stereocenters. The molecule has 1 aliphatic rings. The van der Waals surface area contributed by atoms with E-state index in [4.69, 9.17) is 4.74 Å². The van der Waals surface area contributed by atoms with Crippen molar-refractivity contribution in [3.8, 4) is 0 Å². The number of likely N-dealkylation sites (N-methyl/N-ethyl adjacent to an activating group) is 2. The van der Waals surface area contributed by atoms with Gasteiger partial charge in [0.2, 0.25) is 5.91 Å². The molecule has 180 valence electrons. The number of anilines is 3. The number of benzene rings is 2. The van der Waals surface area contributed by atoms with Gasteiger partial charge in [0, 0.05) is 24.0 Å². The number of rotatable bonds is 7. The third-order valence-corrected chi connectivity index (χ3v) is 6.44. The van der Waals surface area contributed by atoms with Gasteiger partial charge in [-0.2, -0.15) is 0 Å². The molecule has 0 aliphatic carbocycles. The van der Waals surface area contributed by atoms with E-state index in [-0.39, 0.29) is 11.8 Å². The van der Waals surface area contributed by atoms with Crippen molar-refractivity contribution in [1.82, 2.24) is 4.90 Å². The molecule has 2 N–H and O–H groups in total. The molecule has 0 spiro atoms. The fourth-order valence-electron chi connectivity index (χ4n) is 3.77. The topological polar surface area (TPSA) is 91.0 Å². The van der Waals surface area contributed by atoms with Crippen molar-refractivity contribution in [2.75, 3.05) is 50.3 Å². The number of carbonyl (C=O) groups excluding carboxylic acids is 3. The van der Waals surface area contributed by atoms with Gasteiger partial charge < -0.3 is 25.2 Å². The zero-order valence-electron chi connectivity index (χ0n) is 19.9. The van der Waals surface area contributed by atoms with Crippen LogP contribution in [0, 0.1) is 0 Å². The summed E-state index contributed by atoms with van der Waals surface area (Å²) in [6.07, 6.45) is 0. The fourth-order valence-corrected chi connectivity index (χ4v) is 4.50. The maximum atomic E-state index is 13.0. The molecule has 4 rings (SSSR count). The van der Waals surface area contributed by atoms with E-state index in [1.165, 1.54) is 18.4 Å². The first-order valence-electron chi connectivity index (χ1n) is 10.9. The maximum Gasteiger partial charge on any atom is 0.337 e. The van der Waals surface area contributed by atoms with Crippen LogP contribution in [0.4, 0.5) is 17.1 Å². The highest BCUT2D eigenvalue weighted by Gasteiger charge is 2.29. The van der Waals surface area contributed by atoms with E-state index in [1.54, 1.807) is 30.1 Å². The summed E-state index contributed by atoms with van der Waals surface area (Å²) < 4.78 is 4.79. The normalized spacial score (nSPS) is 13.8. The van der Waals surface area contributed by atoms with E-state index in [0.29, 0.717) is 34.6 Å². The van der Waals surface area contributed by atoms with Crippen LogP contribution < -0.4 is 15.5 Å². The van der Waals surface area contributed by atoms with Crippen molar-refractivity contribution < 1.29 is 19.1 Å². The average Bonchev–Trinajstić information content (AvgIpc) is 3.48. The van der Waals surface area contributed by atoms with Gasteiger partial charge in [-0.05, 0) is 61.9 Å². The van der Waals surface area contributed by atoms with E-state index in [0.717, 1.165) is 16.3 Å². The molecule has 1 aromatic heterocycles. The summed E-state index contributed by atoms with van der Waals surface area (Å²) in [4.78, 5) is 41.7. The Kier molecular flexibility index (Phi) is 6.99. The number of amides is 2. The van der Waals surface area contributed by atoms with Gasteiger partial charge in [-0.3, -0.25) is 9.59 Å². The number of hydrogen-bond donors (Lipinski definition) is 2. The van der Waals surface area contributed by atoms with Crippen LogP contribution in [0.3, 0.4) is 0 Å². The van der Waals surface area contributed by atoms with Gasteiger partial charge in [0.1, 0.15) is 0 Å². The van der Waals surface area contributed by atoms with Crippen LogP contribution in [0.2, 0.25) is 0 Å². The minimum Gasteiger partial charge on any atom is -0.465 e. The molecule has 35 heavy (non-hydrogen) atoms. The van der Waals surface area contributed by atoms with Gasteiger partial charge in [-0.15, -0.1) is 11.3 Å². The van der Waals surface area contributed by atoms with E-state index in [9.17, 15) is 14.4 Å². The number of carbonyl (C=O) groups is 3. The Hall–Kier alpha value is -3.95. The lowest BCUT2D eigenvalue weighted by molar-refractivity contribution is -0.119. The van der Waals surface area contributed by atoms with Crippen molar-refractivity contribution in [3.05, 3.63) is 76.0 Å². The molecule has 2 heterocycles. The Balaban J connectivity index is 1.68. The second-order valence-corrected chi connectivity index (χ2v) is 9.24. The third-order valence-electron chi connectivity index (χ3n) is 5.55. The summed E-state index contributed by atoms with van der Waals surface area (Å²) in [5.41, 5.74) is 4.30. The molecule has 3 aromatic rings. The lowest BCUT2D eigenvalue weighted by atomic mass is 10.0. The SMILES string of the molecule is COC(=O)c1ccc2c(c1)NC(=O)C2=C(Nc1ccc(N(C)C(=O)CN(C)C)cc1)c1cccs1. The molecule has 0 radical (unpaired) electrons. The molecule has 1 aliphatic heterocycles. The first-order valence-corrected chi connectivity index (χ1v) is 11.8. The number of methoxy groups -OCH3 is 1. The molecule has 0 bridgehead atoms. The number of ether oxygens (including phenoxy) is 1. The van der Waals surface area contributed by atoms with Crippen LogP contribution in [0.1, 0.15) is 20.8 Å². The minimum atomic E-state index is -0.467. The Labute approximate surface area is 207 Å². The highest BCUT2D eigenvalue weighted by atomic mass is 32.1. The van der Waals surface area contributed by atoms with Crippen LogP contribution >= 0.6 is 11.3 Å². The quantitative estimate of drug-likeness (QED) is 0.384. The fraction of sp³-hybridized carbons (Fsp3) is 0.192. The Morgan fingerprint density at radius 1 is 1.06 bits per heavy atom. The van der Waals surface area contributed by atoms with Crippen LogP contribution in [0.15, 0.2) is 60.0 Å². The molecule has 2 aromatic carbocycles. The van der Waals surface area contributed by atoms with Crippen LogP contribution in [0.25, 0.3) is 11.3 Å². The molecular weight excluding hydrogens is 464 g/mol. The highest BCUT2D eigenvalue weighted by Crippen LogP contribution is 2.39. The monoisotopic (exact) mass is 490 g/mol. The molecular formula is C26H26N4O4S. The number of thiophene rings is 1. The third kappa shape index (κ3) is 5.11. The largest absolute Gasteiger partial charge is 0.465 e. The van der Waals surface area contributed by atoms with E-state index < -0.39 is 5.97 Å². The minimum absolute atomic E-state index is 0.0114. The zero-order chi connectivity index (χ0) is 25.1. The second-order valence-electron chi connectivity index (χ2n) is 8.30. The van der Waals surface area contributed by atoms with Crippen LogP contribution in [-0.2, 0) is 14.3 Å². The summed E-state index contributed by atoms with van der Waals surface area (Å²) in [6, 6.07) is 16.3. The Morgan fingerprint density at radius 3 is 2.43 bits per heavy atom. The summed E-state index contributed by atoms with van der Waals surface area (Å²) >= 11 is 1.51. The van der Waals surface area contributed by atoms with Crippen LogP contribution in [-0.4, -0.2) is 57.5 Å². The van der Waals surface area contributed by atoms with E-state index >= 15 is 0 Å². The first kappa shape index (κ1) is 24.2. The number of esters is 1. The average molecular weight is 491 g/mol. The van der Waals surface area contributed by atoms with Gasteiger partial charge in [0.25, 0.3) is 5.91 Å². The summed E-state index contributed by atoms with van der Waals surface area (Å²) in [5.74, 6) is -0.739. The van der Waals surface area contributed by atoms with Gasteiger partial charge in [-0.25, -0.2) is 4.79 Å². The number of nitrogens with zero attached hydrogens (tertiary/aromatic N) is 2. The molecule has 0 fully saturated rings. The summed E-state index contributed by atoms with van der Waals surface area (Å²) in [7, 11) is 6.77. The number of fused-ring (bicyclic) bond motifs is 1.